The van der Waals surface area contributed by atoms with Crippen molar-refractivity contribution >= 4 is 5.97 Å². The van der Waals surface area contributed by atoms with Crippen LogP contribution >= 0.6 is 0 Å². The Morgan fingerprint density at radius 1 is 1.53 bits per heavy atom. The van der Waals surface area contributed by atoms with Crippen LogP contribution in [0.15, 0.2) is 24.5 Å². The maximum Gasteiger partial charge on any atom is 0.333 e. The third-order valence-electron chi connectivity index (χ3n) is 2.52. The molecule has 0 saturated heterocycles. The molecule has 0 spiro atoms. The Morgan fingerprint density at radius 3 is 2.94 bits per heavy atom. The van der Waals surface area contributed by atoms with Gasteiger partial charge in [0.15, 0.2) is 0 Å². The molecule has 0 bridgehead atoms. The number of ether oxygens (including phenoxy) is 3. The van der Waals surface area contributed by atoms with Gasteiger partial charge in [-0.05, 0) is 12.5 Å². The fraction of sp³-hybridized carbons (Fsp3) is 0.615. The van der Waals surface area contributed by atoms with Crippen molar-refractivity contribution in [1.29, 1.82) is 0 Å². The molecular formula is C13H20O4. The Morgan fingerprint density at radius 2 is 2.35 bits per heavy atom. The second kappa shape index (κ2) is 7.90. The van der Waals surface area contributed by atoms with Crippen molar-refractivity contribution in [2.75, 3.05) is 13.7 Å². The number of hydrogen-bond donors (Lipinski definition) is 0. The van der Waals surface area contributed by atoms with Crippen molar-refractivity contribution < 1.29 is 19.0 Å². The molecule has 0 aromatic heterocycles. The molecule has 0 aromatic rings. The lowest BCUT2D eigenvalue weighted by molar-refractivity contribution is -0.135. The SMILES string of the molecule is CCCC[C@H]1C=C[C@@H](O/C=C/C(=O)OC)CO1. The minimum atomic E-state index is -0.425. The molecule has 0 radical (unpaired) electrons. The molecule has 0 fully saturated rings. The van der Waals surface area contributed by atoms with E-state index < -0.39 is 5.97 Å². The standard InChI is InChI=1S/C13H20O4/c1-3-4-5-11-6-7-12(10-17-11)16-9-8-13(14)15-2/h6-9,11-12H,3-5,10H2,1-2H3/b9-8+/t11-,12+/m0/s1. The Hall–Kier alpha value is -1.29. The minimum Gasteiger partial charge on any atom is -0.491 e. The molecule has 4 heteroatoms. The monoisotopic (exact) mass is 240 g/mol. The zero-order chi connectivity index (χ0) is 12.5. The summed E-state index contributed by atoms with van der Waals surface area (Å²) in [4.78, 5) is 10.8. The van der Waals surface area contributed by atoms with Gasteiger partial charge >= 0.3 is 5.97 Å². The summed E-state index contributed by atoms with van der Waals surface area (Å²) < 4.78 is 15.4. The van der Waals surface area contributed by atoms with Crippen LogP contribution in [0.3, 0.4) is 0 Å². The molecule has 96 valence electrons. The summed E-state index contributed by atoms with van der Waals surface area (Å²) in [6.45, 7) is 2.69. The largest absolute Gasteiger partial charge is 0.491 e. The van der Waals surface area contributed by atoms with Crippen molar-refractivity contribution in [3.05, 3.63) is 24.5 Å². The normalized spacial score (nSPS) is 23.9. The lowest BCUT2D eigenvalue weighted by Crippen LogP contribution is -2.25. The highest BCUT2D eigenvalue weighted by Gasteiger charge is 2.15. The average molecular weight is 240 g/mol. The smallest absolute Gasteiger partial charge is 0.333 e. The number of carbonyl (C=O) groups excluding carboxylic acids is 1. The van der Waals surface area contributed by atoms with E-state index in [-0.39, 0.29) is 12.2 Å². The molecule has 17 heavy (non-hydrogen) atoms. The predicted molar refractivity (Wildman–Crippen MR) is 64.4 cm³/mol. The highest BCUT2D eigenvalue weighted by molar-refractivity contribution is 5.81. The van der Waals surface area contributed by atoms with E-state index in [0.717, 1.165) is 6.42 Å². The van der Waals surface area contributed by atoms with Gasteiger partial charge in [-0.2, -0.15) is 0 Å². The highest BCUT2D eigenvalue weighted by Crippen LogP contribution is 2.13. The fourth-order valence-electron chi connectivity index (χ4n) is 1.51. The molecule has 0 unspecified atom stereocenters. The minimum absolute atomic E-state index is 0.117. The summed E-state index contributed by atoms with van der Waals surface area (Å²) in [5.74, 6) is -0.425. The van der Waals surface area contributed by atoms with Crippen molar-refractivity contribution in [3.8, 4) is 0 Å². The van der Waals surface area contributed by atoms with Crippen LogP contribution in [0.1, 0.15) is 26.2 Å². The second-order valence-electron chi connectivity index (χ2n) is 3.90. The quantitative estimate of drug-likeness (QED) is 0.309. The first-order valence-electron chi connectivity index (χ1n) is 5.96. The fourth-order valence-corrected chi connectivity index (χ4v) is 1.51. The van der Waals surface area contributed by atoms with E-state index >= 15 is 0 Å². The van der Waals surface area contributed by atoms with E-state index in [1.165, 1.54) is 32.3 Å². The van der Waals surface area contributed by atoms with Crippen LogP contribution in [0.2, 0.25) is 0 Å². The maximum atomic E-state index is 10.8. The molecule has 2 atom stereocenters. The molecule has 1 aliphatic rings. The van der Waals surface area contributed by atoms with Crippen molar-refractivity contribution in [2.45, 2.75) is 38.4 Å². The van der Waals surface area contributed by atoms with Crippen LogP contribution in [0.5, 0.6) is 0 Å². The first-order valence-corrected chi connectivity index (χ1v) is 5.96. The van der Waals surface area contributed by atoms with Gasteiger partial charge in [0.1, 0.15) is 6.10 Å². The number of unbranched alkanes of at least 4 members (excludes halogenated alkanes) is 1. The van der Waals surface area contributed by atoms with Crippen molar-refractivity contribution in [3.63, 3.8) is 0 Å². The zero-order valence-electron chi connectivity index (χ0n) is 10.4. The Bertz CT molecular complexity index is 283. The Balaban J connectivity index is 2.25. The van der Waals surface area contributed by atoms with E-state index in [9.17, 15) is 4.79 Å². The van der Waals surface area contributed by atoms with Gasteiger partial charge < -0.3 is 14.2 Å². The lowest BCUT2D eigenvalue weighted by atomic mass is 10.1. The summed E-state index contributed by atoms with van der Waals surface area (Å²) >= 11 is 0. The molecule has 1 heterocycles. The van der Waals surface area contributed by atoms with Gasteiger partial charge in [-0.25, -0.2) is 4.79 Å². The number of esters is 1. The lowest BCUT2D eigenvalue weighted by Gasteiger charge is -2.23. The van der Waals surface area contributed by atoms with Crippen molar-refractivity contribution in [2.24, 2.45) is 0 Å². The Kier molecular flexibility index (Phi) is 6.40. The van der Waals surface area contributed by atoms with Crippen LogP contribution in [0.4, 0.5) is 0 Å². The van der Waals surface area contributed by atoms with E-state index in [1.807, 2.05) is 12.2 Å². The van der Waals surface area contributed by atoms with Gasteiger partial charge in [0.05, 0.1) is 32.2 Å². The second-order valence-corrected chi connectivity index (χ2v) is 3.90. The Labute approximate surface area is 102 Å². The molecule has 1 aliphatic heterocycles. The molecule has 0 N–H and O–H groups in total. The van der Waals surface area contributed by atoms with E-state index in [4.69, 9.17) is 9.47 Å². The summed E-state index contributed by atoms with van der Waals surface area (Å²) in [5, 5.41) is 0. The van der Waals surface area contributed by atoms with Crippen LogP contribution in [0.25, 0.3) is 0 Å². The molecule has 0 aliphatic carbocycles. The highest BCUT2D eigenvalue weighted by atomic mass is 16.5. The first-order chi connectivity index (χ1) is 8.26. The summed E-state index contributed by atoms with van der Waals surface area (Å²) in [7, 11) is 1.33. The van der Waals surface area contributed by atoms with Crippen LogP contribution < -0.4 is 0 Å². The number of rotatable bonds is 6. The summed E-state index contributed by atoms with van der Waals surface area (Å²) in [6.07, 6.45) is 10.1. The number of hydrogen-bond acceptors (Lipinski definition) is 4. The zero-order valence-corrected chi connectivity index (χ0v) is 10.4. The van der Waals surface area contributed by atoms with Gasteiger partial charge in [0, 0.05) is 0 Å². The van der Waals surface area contributed by atoms with E-state index in [1.54, 1.807) is 0 Å². The molecule has 0 amide bonds. The van der Waals surface area contributed by atoms with Gasteiger partial charge in [-0.1, -0.05) is 25.8 Å². The predicted octanol–water partition coefficient (Wildman–Crippen LogP) is 2.20. The third kappa shape index (κ3) is 5.54. The van der Waals surface area contributed by atoms with Crippen molar-refractivity contribution in [1.82, 2.24) is 0 Å². The molecule has 0 saturated carbocycles. The van der Waals surface area contributed by atoms with E-state index in [2.05, 4.69) is 11.7 Å². The maximum absolute atomic E-state index is 10.8. The van der Waals surface area contributed by atoms with Gasteiger partial charge in [-0.3, -0.25) is 0 Å². The molecule has 1 rings (SSSR count). The van der Waals surface area contributed by atoms with Gasteiger partial charge in [-0.15, -0.1) is 0 Å². The first kappa shape index (κ1) is 13.8. The molecule has 0 aromatic carbocycles. The number of carbonyl (C=O) groups is 1. The van der Waals surface area contributed by atoms with Crippen LogP contribution in [-0.2, 0) is 19.0 Å². The van der Waals surface area contributed by atoms with Crippen LogP contribution in [0, 0.1) is 0 Å². The topological polar surface area (TPSA) is 44.8 Å². The summed E-state index contributed by atoms with van der Waals surface area (Å²) in [6, 6.07) is 0. The average Bonchev–Trinajstić information content (AvgIpc) is 2.37. The third-order valence-corrected chi connectivity index (χ3v) is 2.52. The van der Waals surface area contributed by atoms with Crippen LogP contribution in [-0.4, -0.2) is 31.9 Å². The van der Waals surface area contributed by atoms with Gasteiger partial charge in [0.2, 0.25) is 0 Å². The number of methoxy groups -OCH3 is 1. The van der Waals surface area contributed by atoms with Gasteiger partial charge in [0.25, 0.3) is 0 Å². The summed E-state index contributed by atoms with van der Waals surface area (Å²) in [5.41, 5.74) is 0. The molecular weight excluding hydrogens is 220 g/mol. The molecule has 4 nitrogen and oxygen atoms in total. The van der Waals surface area contributed by atoms with E-state index in [0.29, 0.717) is 6.61 Å².